The summed E-state index contributed by atoms with van der Waals surface area (Å²) < 4.78 is 10.1. The molecule has 0 aliphatic heterocycles. The maximum Gasteiger partial charge on any atom is 0.283 e. The number of furan rings is 2. The van der Waals surface area contributed by atoms with E-state index >= 15 is 0 Å². The van der Waals surface area contributed by atoms with Crippen molar-refractivity contribution >= 4 is 21.9 Å². The van der Waals surface area contributed by atoms with E-state index in [1.807, 2.05) is 0 Å². The molecule has 0 saturated heterocycles. The Hall–Kier alpha value is -2.10. The second kappa shape index (κ2) is 2.23. The number of rotatable bonds is 0. The summed E-state index contributed by atoms with van der Waals surface area (Å²) in [7, 11) is 0. The van der Waals surface area contributed by atoms with Crippen molar-refractivity contribution in [2.24, 2.45) is 0 Å². The summed E-state index contributed by atoms with van der Waals surface area (Å²) in [6, 6.07) is 6.56. The van der Waals surface area contributed by atoms with E-state index < -0.39 is 0 Å². The lowest BCUT2D eigenvalue weighted by Gasteiger charge is -1.88. The number of fused-ring (bicyclic) bond motifs is 3. The SMILES string of the molecule is Oc1cc2ccc3cc(O)oc3c2o1. The molecule has 3 rings (SSSR count). The van der Waals surface area contributed by atoms with Crippen LogP contribution in [0, 0.1) is 0 Å². The Morgan fingerprint density at radius 3 is 1.64 bits per heavy atom. The van der Waals surface area contributed by atoms with Gasteiger partial charge in [0.25, 0.3) is 11.9 Å². The fourth-order valence-corrected chi connectivity index (χ4v) is 1.57. The predicted molar refractivity (Wildman–Crippen MR) is 49.3 cm³/mol. The molecule has 1 aromatic carbocycles. The van der Waals surface area contributed by atoms with Gasteiger partial charge < -0.3 is 19.0 Å². The van der Waals surface area contributed by atoms with E-state index in [1.165, 1.54) is 12.1 Å². The smallest absolute Gasteiger partial charge is 0.283 e. The van der Waals surface area contributed by atoms with Crippen LogP contribution in [0.1, 0.15) is 0 Å². The lowest BCUT2D eigenvalue weighted by molar-refractivity contribution is 0.336. The molecule has 14 heavy (non-hydrogen) atoms. The molecule has 0 fully saturated rings. The van der Waals surface area contributed by atoms with E-state index in [-0.39, 0.29) is 11.9 Å². The highest BCUT2D eigenvalue weighted by atomic mass is 16.5. The molecule has 4 heteroatoms. The zero-order chi connectivity index (χ0) is 9.71. The van der Waals surface area contributed by atoms with E-state index in [9.17, 15) is 0 Å². The van der Waals surface area contributed by atoms with Crippen LogP contribution in [0.5, 0.6) is 11.9 Å². The first kappa shape index (κ1) is 7.32. The van der Waals surface area contributed by atoms with E-state index in [1.54, 1.807) is 12.1 Å². The molecule has 3 aromatic rings. The third kappa shape index (κ3) is 0.821. The molecule has 0 bridgehead atoms. The van der Waals surface area contributed by atoms with Crippen LogP contribution in [0.4, 0.5) is 0 Å². The van der Waals surface area contributed by atoms with Gasteiger partial charge in [0.1, 0.15) is 0 Å². The zero-order valence-electron chi connectivity index (χ0n) is 7.02. The van der Waals surface area contributed by atoms with Crippen molar-refractivity contribution in [1.82, 2.24) is 0 Å². The maximum absolute atomic E-state index is 9.15. The van der Waals surface area contributed by atoms with Crippen LogP contribution in [0.2, 0.25) is 0 Å². The van der Waals surface area contributed by atoms with Crippen LogP contribution >= 0.6 is 0 Å². The Bertz CT molecular complexity index is 562. The Morgan fingerprint density at radius 2 is 1.21 bits per heavy atom. The molecule has 70 valence electrons. The van der Waals surface area contributed by atoms with Gasteiger partial charge in [0, 0.05) is 22.9 Å². The van der Waals surface area contributed by atoms with Crippen LogP contribution in [0.3, 0.4) is 0 Å². The Balaban J connectivity index is 2.58. The largest absolute Gasteiger partial charge is 0.481 e. The van der Waals surface area contributed by atoms with Crippen LogP contribution in [0.15, 0.2) is 33.1 Å². The summed E-state index contributed by atoms with van der Waals surface area (Å²) in [4.78, 5) is 0. The molecule has 0 spiro atoms. The van der Waals surface area contributed by atoms with Gasteiger partial charge in [-0.15, -0.1) is 0 Å². The second-order valence-electron chi connectivity index (χ2n) is 3.07. The average Bonchev–Trinajstić information content (AvgIpc) is 2.65. The Morgan fingerprint density at radius 1 is 0.786 bits per heavy atom. The van der Waals surface area contributed by atoms with Crippen LogP contribution in [-0.4, -0.2) is 10.2 Å². The molecule has 0 amide bonds. The number of aromatic hydroxyl groups is 2. The van der Waals surface area contributed by atoms with Crippen molar-refractivity contribution in [1.29, 1.82) is 0 Å². The highest BCUT2D eigenvalue weighted by Gasteiger charge is 2.11. The Kier molecular flexibility index (Phi) is 1.16. The van der Waals surface area contributed by atoms with Gasteiger partial charge in [-0.25, -0.2) is 0 Å². The minimum Gasteiger partial charge on any atom is -0.481 e. The van der Waals surface area contributed by atoms with Gasteiger partial charge in [-0.3, -0.25) is 0 Å². The molecule has 0 unspecified atom stereocenters. The highest BCUT2D eigenvalue weighted by Crippen LogP contribution is 2.34. The summed E-state index contributed by atoms with van der Waals surface area (Å²) in [6.45, 7) is 0. The van der Waals surface area contributed by atoms with E-state index in [0.717, 1.165) is 10.8 Å². The third-order valence-corrected chi connectivity index (χ3v) is 2.14. The van der Waals surface area contributed by atoms with Gasteiger partial charge in [-0.05, 0) is 0 Å². The fraction of sp³-hybridized carbons (Fsp3) is 0. The first-order valence-electron chi connectivity index (χ1n) is 4.08. The topological polar surface area (TPSA) is 66.7 Å². The third-order valence-electron chi connectivity index (χ3n) is 2.14. The first-order valence-corrected chi connectivity index (χ1v) is 4.08. The Labute approximate surface area is 78.0 Å². The lowest BCUT2D eigenvalue weighted by Crippen LogP contribution is -1.64. The van der Waals surface area contributed by atoms with Gasteiger partial charge in [0.05, 0.1) is 0 Å². The van der Waals surface area contributed by atoms with Crippen molar-refractivity contribution in [3.05, 3.63) is 24.3 Å². The molecule has 0 aliphatic rings. The monoisotopic (exact) mass is 190 g/mol. The number of hydrogen-bond acceptors (Lipinski definition) is 4. The minimum atomic E-state index is -0.164. The molecular weight excluding hydrogens is 184 g/mol. The van der Waals surface area contributed by atoms with Crippen molar-refractivity contribution in [2.75, 3.05) is 0 Å². The second-order valence-corrected chi connectivity index (χ2v) is 3.07. The standard InChI is InChI=1S/C10H6O4/c11-7-3-5-1-2-6-4-8(12)14-10(6)9(5)13-7/h1-4,11-12H. The summed E-state index contributed by atoms with van der Waals surface area (Å²) in [5, 5.41) is 19.8. The van der Waals surface area contributed by atoms with E-state index in [2.05, 4.69) is 0 Å². The van der Waals surface area contributed by atoms with E-state index in [4.69, 9.17) is 19.0 Å². The molecule has 0 atom stereocenters. The average molecular weight is 190 g/mol. The van der Waals surface area contributed by atoms with Crippen LogP contribution in [0.25, 0.3) is 21.9 Å². The predicted octanol–water partition coefficient (Wildman–Crippen LogP) is 2.59. The summed E-state index contributed by atoms with van der Waals surface area (Å²) in [5.41, 5.74) is 0.889. The first-order chi connectivity index (χ1) is 6.74. The summed E-state index contributed by atoms with van der Waals surface area (Å²) >= 11 is 0. The van der Waals surface area contributed by atoms with Gasteiger partial charge in [-0.1, -0.05) is 12.1 Å². The van der Waals surface area contributed by atoms with Gasteiger partial charge >= 0.3 is 0 Å². The molecule has 2 N–H and O–H groups in total. The van der Waals surface area contributed by atoms with Crippen LogP contribution in [-0.2, 0) is 0 Å². The molecule has 2 heterocycles. The zero-order valence-corrected chi connectivity index (χ0v) is 7.02. The molecular formula is C10H6O4. The molecule has 0 saturated carbocycles. The quantitative estimate of drug-likeness (QED) is 0.571. The van der Waals surface area contributed by atoms with Crippen molar-refractivity contribution < 1.29 is 19.0 Å². The fourth-order valence-electron chi connectivity index (χ4n) is 1.57. The summed E-state index contributed by atoms with van der Waals surface area (Å²) in [5.74, 6) is -0.327. The highest BCUT2D eigenvalue weighted by molar-refractivity contribution is 6.01. The van der Waals surface area contributed by atoms with Gasteiger partial charge in [0.2, 0.25) is 0 Å². The molecule has 4 nitrogen and oxygen atoms in total. The lowest BCUT2D eigenvalue weighted by atomic mass is 10.2. The number of benzene rings is 1. The number of hydrogen-bond donors (Lipinski definition) is 2. The summed E-state index contributed by atoms with van der Waals surface area (Å²) in [6.07, 6.45) is 0. The van der Waals surface area contributed by atoms with Crippen molar-refractivity contribution in [3.63, 3.8) is 0 Å². The minimum absolute atomic E-state index is 0.164. The van der Waals surface area contributed by atoms with Gasteiger partial charge in [0.15, 0.2) is 11.2 Å². The van der Waals surface area contributed by atoms with Gasteiger partial charge in [-0.2, -0.15) is 0 Å². The molecule has 0 radical (unpaired) electrons. The normalized spacial score (nSPS) is 11.4. The maximum atomic E-state index is 9.15. The van der Waals surface area contributed by atoms with E-state index in [0.29, 0.717) is 11.2 Å². The van der Waals surface area contributed by atoms with Crippen molar-refractivity contribution in [2.45, 2.75) is 0 Å². The molecule has 2 aromatic heterocycles. The van der Waals surface area contributed by atoms with Crippen LogP contribution < -0.4 is 0 Å². The van der Waals surface area contributed by atoms with Crippen molar-refractivity contribution in [3.8, 4) is 11.9 Å². The molecule has 0 aliphatic carbocycles.